The molecule has 0 aromatic heterocycles. The van der Waals surface area contributed by atoms with E-state index in [0.717, 1.165) is 25.4 Å². The van der Waals surface area contributed by atoms with E-state index in [4.69, 9.17) is 9.47 Å². The lowest BCUT2D eigenvalue weighted by Crippen LogP contribution is -2.27. The highest BCUT2D eigenvalue weighted by molar-refractivity contribution is 5.69. The maximum atomic E-state index is 10.8. The Morgan fingerprint density at radius 1 is 1.11 bits per heavy atom. The number of benzene rings is 1. The summed E-state index contributed by atoms with van der Waals surface area (Å²) in [5.41, 5.74) is 0. The molecule has 0 amide bonds. The van der Waals surface area contributed by atoms with E-state index in [1.165, 1.54) is 6.92 Å². The molecule has 0 N–H and O–H groups in total. The van der Waals surface area contributed by atoms with Gasteiger partial charge in [-0.3, -0.25) is 4.79 Å². The van der Waals surface area contributed by atoms with Gasteiger partial charge in [0.25, 0.3) is 0 Å². The fourth-order valence-corrected chi connectivity index (χ4v) is 1.60. The second kappa shape index (κ2) is 7.71. The van der Waals surface area contributed by atoms with Gasteiger partial charge in [-0.2, -0.15) is 0 Å². The fourth-order valence-electron chi connectivity index (χ4n) is 1.60. The molecule has 0 aliphatic rings. The first-order valence-electron chi connectivity index (χ1n) is 6.29. The van der Waals surface area contributed by atoms with E-state index in [1.807, 2.05) is 0 Å². The van der Waals surface area contributed by atoms with E-state index in [-0.39, 0.29) is 5.97 Å². The molecule has 1 rings (SSSR count). The molecule has 4 heteroatoms. The van der Waals surface area contributed by atoms with Crippen LogP contribution in [-0.2, 0) is 4.79 Å². The van der Waals surface area contributed by atoms with Gasteiger partial charge in [0.1, 0.15) is 18.1 Å². The Kier molecular flexibility index (Phi) is 6.22. The number of ether oxygens (including phenoxy) is 2. The fraction of sp³-hybridized carbons (Fsp3) is 0.500. The van der Waals surface area contributed by atoms with Gasteiger partial charge in [0.15, 0.2) is 0 Å². The van der Waals surface area contributed by atoms with E-state index in [0.29, 0.717) is 12.4 Å². The molecule has 0 bridgehead atoms. The lowest BCUT2D eigenvalue weighted by Gasteiger charge is -2.18. The van der Waals surface area contributed by atoms with Gasteiger partial charge in [-0.1, -0.05) is 13.8 Å². The van der Waals surface area contributed by atoms with Crippen LogP contribution in [0.2, 0.25) is 0 Å². The molecular weight excluding hydrogens is 230 g/mol. The third-order valence-corrected chi connectivity index (χ3v) is 2.66. The van der Waals surface area contributed by atoms with Gasteiger partial charge in [0.05, 0.1) is 0 Å². The number of rotatable bonds is 7. The molecule has 18 heavy (non-hydrogen) atoms. The number of esters is 1. The molecule has 0 aliphatic carbocycles. The predicted molar refractivity (Wildman–Crippen MR) is 71.0 cm³/mol. The van der Waals surface area contributed by atoms with Crippen molar-refractivity contribution in [3.05, 3.63) is 24.3 Å². The molecular formula is C14H21NO3. The third kappa shape index (κ3) is 5.19. The number of nitrogens with zero attached hydrogens (tertiary/aromatic N) is 1. The molecule has 1 aromatic carbocycles. The van der Waals surface area contributed by atoms with Crippen LogP contribution in [0.4, 0.5) is 0 Å². The van der Waals surface area contributed by atoms with Crippen LogP contribution in [0, 0.1) is 0 Å². The van der Waals surface area contributed by atoms with Crippen LogP contribution in [0.25, 0.3) is 0 Å². The molecule has 0 saturated carbocycles. The second-order valence-electron chi connectivity index (χ2n) is 3.94. The molecule has 0 spiro atoms. The van der Waals surface area contributed by atoms with Crippen LogP contribution in [-0.4, -0.2) is 37.1 Å². The van der Waals surface area contributed by atoms with Crippen molar-refractivity contribution in [3.63, 3.8) is 0 Å². The van der Waals surface area contributed by atoms with Crippen molar-refractivity contribution < 1.29 is 14.3 Å². The monoisotopic (exact) mass is 251 g/mol. The van der Waals surface area contributed by atoms with Crippen LogP contribution < -0.4 is 9.47 Å². The summed E-state index contributed by atoms with van der Waals surface area (Å²) in [6.07, 6.45) is 0. The van der Waals surface area contributed by atoms with Crippen LogP contribution in [0.5, 0.6) is 11.5 Å². The molecule has 0 saturated heterocycles. The standard InChI is InChI=1S/C14H21NO3/c1-4-15(5-2)10-11-17-13-6-8-14(9-7-13)18-12(3)16/h6-9H,4-5,10-11H2,1-3H3. The van der Waals surface area contributed by atoms with Gasteiger partial charge in [-0.25, -0.2) is 0 Å². The third-order valence-electron chi connectivity index (χ3n) is 2.66. The summed E-state index contributed by atoms with van der Waals surface area (Å²) < 4.78 is 10.6. The summed E-state index contributed by atoms with van der Waals surface area (Å²) >= 11 is 0. The average Bonchev–Trinajstić information content (AvgIpc) is 2.36. The summed E-state index contributed by atoms with van der Waals surface area (Å²) in [4.78, 5) is 13.1. The summed E-state index contributed by atoms with van der Waals surface area (Å²) in [5.74, 6) is 1.02. The average molecular weight is 251 g/mol. The van der Waals surface area contributed by atoms with Gasteiger partial charge in [-0.15, -0.1) is 0 Å². The zero-order valence-electron chi connectivity index (χ0n) is 11.3. The van der Waals surface area contributed by atoms with Gasteiger partial charge in [0.2, 0.25) is 0 Å². The van der Waals surface area contributed by atoms with Crippen LogP contribution in [0.1, 0.15) is 20.8 Å². The Morgan fingerprint density at radius 2 is 1.67 bits per heavy atom. The molecule has 100 valence electrons. The zero-order chi connectivity index (χ0) is 13.4. The largest absolute Gasteiger partial charge is 0.492 e. The van der Waals surface area contributed by atoms with Crippen molar-refractivity contribution in [3.8, 4) is 11.5 Å². The highest BCUT2D eigenvalue weighted by Crippen LogP contribution is 2.17. The summed E-state index contributed by atoms with van der Waals surface area (Å²) in [6, 6.07) is 7.07. The van der Waals surface area contributed by atoms with Crippen LogP contribution in [0.15, 0.2) is 24.3 Å². The minimum atomic E-state index is -0.315. The second-order valence-corrected chi connectivity index (χ2v) is 3.94. The van der Waals surface area contributed by atoms with Crippen molar-refractivity contribution in [2.24, 2.45) is 0 Å². The van der Waals surface area contributed by atoms with Crippen LogP contribution >= 0.6 is 0 Å². The van der Waals surface area contributed by atoms with E-state index < -0.39 is 0 Å². The van der Waals surface area contributed by atoms with E-state index >= 15 is 0 Å². The van der Waals surface area contributed by atoms with Crippen LogP contribution in [0.3, 0.4) is 0 Å². The molecule has 0 fully saturated rings. The van der Waals surface area contributed by atoms with Crippen molar-refractivity contribution in [2.45, 2.75) is 20.8 Å². The smallest absolute Gasteiger partial charge is 0.308 e. The maximum absolute atomic E-state index is 10.8. The molecule has 0 atom stereocenters. The minimum absolute atomic E-state index is 0.315. The van der Waals surface area contributed by atoms with E-state index in [9.17, 15) is 4.79 Å². The Labute approximate surface area is 108 Å². The van der Waals surface area contributed by atoms with Gasteiger partial charge >= 0.3 is 5.97 Å². The minimum Gasteiger partial charge on any atom is -0.492 e. The quantitative estimate of drug-likeness (QED) is 0.551. The van der Waals surface area contributed by atoms with Crippen molar-refractivity contribution in [1.82, 2.24) is 4.90 Å². The lowest BCUT2D eigenvalue weighted by molar-refractivity contribution is -0.131. The molecule has 0 unspecified atom stereocenters. The molecule has 4 nitrogen and oxygen atoms in total. The molecule has 0 aliphatic heterocycles. The van der Waals surface area contributed by atoms with Crippen molar-refractivity contribution >= 4 is 5.97 Å². The maximum Gasteiger partial charge on any atom is 0.308 e. The Balaban J connectivity index is 2.37. The summed E-state index contributed by atoms with van der Waals surface area (Å²) in [7, 11) is 0. The number of hydrogen-bond donors (Lipinski definition) is 0. The Bertz CT molecular complexity index is 358. The predicted octanol–water partition coefficient (Wildman–Crippen LogP) is 2.33. The van der Waals surface area contributed by atoms with E-state index in [2.05, 4.69) is 18.7 Å². The molecule has 0 heterocycles. The number of hydrogen-bond acceptors (Lipinski definition) is 4. The first kappa shape index (κ1) is 14.5. The molecule has 0 radical (unpaired) electrons. The normalized spacial score (nSPS) is 10.4. The first-order chi connectivity index (χ1) is 8.65. The van der Waals surface area contributed by atoms with Gasteiger partial charge in [0, 0.05) is 13.5 Å². The number of carbonyl (C=O) groups excluding carboxylic acids is 1. The lowest BCUT2D eigenvalue weighted by atomic mass is 10.3. The summed E-state index contributed by atoms with van der Waals surface area (Å²) in [6.45, 7) is 9.30. The van der Waals surface area contributed by atoms with Gasteiger partial charge < -0.3 is 14.4 Å². The number of carbonyl (C=O) groups is 1. The van der Waals surface area contributed by atoms with E-state index in [1.54, 1.807) is 24.3 Å². The number of likely N-dealkylation sites (N-methyl/N-ethyl adjacent to an activating group) is 1. The SMILES string of the molecule is CCN(CC)CCOc1ccc(OC(C)=O)cc1. The van der Waals surface area contributed by atoms with Crippen molar-refractivity contribution in [1.29, 1.82) is 0 Å². The Hall–Kier alpha value is -1.55. The molecule has 1 aromatic rings. The topological polar surface area (TPSA) is 38.8 Å². The van der Waals surface area contributed by atoms with Crippen molar-refractivity contribution in [2.75, 3.05) is 26.2 Å². The highest BCUT2D eigenvalue weighted by Gasteiger charge is 2.01. The highest BCUT2D eigenvalue weighted by atomic mass is 16.5. The van der Waals surface area contributed by atoms with Gasteiger partial charge in [-0.05, 0) is 37.4 Å². The summed E-state index contributed by atoms with van der Waals surface area (Å²) in [5, 5.41) is 0. The first-order valence-corrected chi connectivity index (χ1v) is 6.29. The zero-order valence-corrected chi connectivity index (χ0v) is 11.3. The Morgan fingerprint density at radius 3 is 2.17 bits per heavy atom.